The average molecular weight is 257 g/mol. The van der Waals surface area contributed by atoms with Gasteiger partial charge < -0.3 is 5.32 Å². The number of nitrogens with zero attached hydrogens (tertiary/aromatic N) is 2. The molecule has 2 rings (SSSR count). The highest BCUT2D eigenvalue weighted by atomic mass is 15.2. The van der Waals surface area contributed by atoms with Crippen LogP contribution in [0.4, 0.5) is 5.95 Å². The van der Waals surface area contributed by atoms with Gasteiger partial charge in [0.05, 0.1) is 5.69 Å². The second-order valence-electron chi connectivity index (χ2n) is 5.25. The second kappa shape index (κ2) is 5.91. The summed E-state index contributed by atoms with van der Waals surface area (Å²) in [4.78, 5) is 4.53. The number of aryl methyl sites for hydroxylation is 1. The van der Waals surface area contributed by atoms with E-state index >= 15 is 0 Å². The van der Waals surface area contributed by atoms with Crippen molar-refractivity contribution in [2.75, 3.05) is 11.9 Å². The first-order valence-corrected chi connectivity index (χ1v) is 7.02. The topological polar surface area (TPSA) is 29.9 Å². The molecule has 1 N–H and O–H groups in total. The lowest BCUT2D eigenvalue weighted by Crippen LogP contribution is -2.06. The highest BCUT2D eigenvalue weighted by molar-refractivity contribution is 5.44. The minimum Gasteiger partial charge on any atom is -0.355 e. The molecular weight excluding hydrogens is 234 g/mol. The summed E-state index contributed by atoms with van der Waals surface area (Å²) < 4.78 is 2.12. The number of hydrogen-bond donors (Lipinski definition) is 1. The average Bonchev–Trinajstić information content (AvgIpc) is 2.77. The lowest BCUT2D eigenvalue weighted by atomic mass is 10.0. The monoisotopic (exact) mass is 257 g/mol. The third-order valence-electron chi connectivity index (χ3n) is 3.20. The summed E-state index contributed by atoms with van der Waals surface area (Å²) in [5.74, 6) is 1.49. The molecule has 0 radical (unpaired) electrons. The Kier molecular flexibility index (Phi) is 4.25. The summed E-state index contributed by atoms with van der Waals surface area (Å²) in [6.45, 7) is 9.55. The summed E-state index contributed by atoms with van der Waals surface area (Å²) >= 11 is 0. The number of hydrogen-bond acceptors (Lipinski definition) is 2. The molecule has 0 bridgehead atoms. The summed E-state index contributed by atoms with van der Waals surface area (Å²) in [5.41, 5.74) is 3.55. The predicted octanol–water partition coefficient (Wildman–Crippen LogP) is 4.13. The second-order valence-corrected chi connectivity index (χ2v) is 5.25. The van der Waals surface area contributed by atoms with Crippen molar-refractivity contribution >= 4 is 5.95 Å². The third-order valence-corrected chi connectivity index (χ3v) is 3.20. The molecule has 0 saturated heterocycles. The van der Waals surface area contributed by atoms with Crippen LogP contribution in [0, 0.1) is 6.92 Å². The van der Waals surface area contributed by atoms with Gasteiger partial charge in [-0.15, -0.1) is 0 Å². The Balaban J connectivity index is 2.30. The maximum Gasteiger partial charge on any atom is 0.207 e. The molecular formula is C16H23N3. The molecule has 0 aliphatic heterocycles. The van der Waals surface area contributed by atoms with Gasteiger partial charge in [0.2, 0.25) is 5.95 Å². The van der Waals surface area contributed by atoms with Crippen molar-refractivity contribution in [3.05, 3.63) is 41.7 Å². The van der Waals surface area contributed by atoms with Crippen molar-refractivity contribution in [1.29, 1.82) is 0 Å². The van der Waals surface area contributed by atoms with E-state index in [2.05, 4.69) is 66.1 Å². The van der Waals surface area contributed by atoms with Gasteiger partial charge in [-0.05, 0) is 37.0 Å². The van der Waals surface area contributed by atoms with Crippen LogP contribution < -0.4 is 5.32 Å². The molecule has 1 heterocycles. The quantitative estimate of drug-likeness (QED) is 0.873. The predicted molar refractivity (Wildman–Crippen MR) is 81.2 cm³/mol. The van der Waals surface area contributed by atoms with Gasteiger partial charge in [0.15, 0.2) is 0 Å². The van der Waals surface area contributed by atoms with E-state index in [-0.39, 0.29) is 0 Å². The SMILES string of the molecule is CCCNc1nc(C)cn1-c1ccc(C(C)C)cc1. The van der Waals surface area contributed by atoms with Gasteiger partial charge >= 0.3 is 0 Å². The van der Waals surface area contributed by atoms with Crippen molar-refractivity contribution in [1.82, 2.24) is 9.55 Å². The van der Waals surface area contributed by atoms with Gasteiger partial charge in [0, 0.05) is 18.4 Å². The van der Waals surface area contributed by atoms with E-state index in [0.717, 1.165) is 30.3 Å². The molecule has 0 saturated carbocycles. The molecule has 3 heteroatoms. The minimum atomic E-state index is 0.566. The van der Waals surface area contributed by atoms with E-state index in [1.165, 1.54) is 5.56 Å². The fourth-order valence-electron chi connectivity index (χ4n) is 2.08. The number of imidazole rings is 1. The molecule has 0 aliphatic rings. The van der Waals surface area contributed by atoms with Crippen LogP contribution in [0.25, 0.3) is 5.69 Å². The summed E-state index contributed by atoms with van der Waals surface area (Å²) in [5, 5.41) is 3.37. The van der Waals surface area contributed by atoms with Crippen LogP contribution in [0.5, 0.6) is 0 Å². The molecule has 19 heavy (non-hydrogen) atoms. The zero-order valence-corrected chi connectivity index (χ0v) is 12.3. The van der Waals surface area contributed by atoms with Crippen LogP contribution in [0.2, 0.25) is 0 Å². The fourth-order valence-corrected chi connectivity index (χ4v) is 2.08. The lowest BCUT2D eigenvalue weighted by molar-refractivity contribution is 0.864. The van der Waals surface area contributed by atoms with E-state index in [4.69, 9.17) is 0 Å². The van der Waals surface area contributed by atoms with Crippen LogP contribution in [-0.2, 0) is 0 Å². The highest BCUT2D eigenvalue weighted by Gasteiger charge is 2.07. The van der Waals surface area contributed by atoms with Crippen molar-refractivity contribution in [2.24, 2.45) is 0 Å². The van der Waals surface area contributed by atoms with Crippen molar-refractivity contribution in [3.63, 3.8) is 0 Å². The number of nitrogens with one attached hydrogen (secondary N) is 1. The molecule has 3 nitrogen and oxygen atoms in total. The van der Waals surface area contributed by atoms with Gasteiger partial charge in [0.25, 0.3) is 0 Å². The maximum atomic E-state index is 4.53. The normalized spacial score (nSPS) is 11.0. The van der Waals surface area contributed by atoms with Gasteiger partial charge in [0.1, 0.15) is 0 Å². The lowest BCUT2D eigenvalue weighted by Gasteiger charge is -2.11. The van der Waals surface area contributed by atoms with Gasteiger partial charge in [-0.2, -0.15) is 0 Å². The molecule has 0 unspecified atom stereocenters. The molecule has 102 valence electrons. The first-order chi connectivity index (χ1) is 9.11. The van der Waals surface area contributed by atoms with Gasteiger partial charge in [-0.1, -0.05) is 32.9 Å². The molecule has 1 aromatic heterocycles. The van der Waals surface area contributed by atoms with E-state index in [9.17, 15) is 0 Å². The van der Waals surface area contributed by atoms with E-state index < -0.39 is 0 Å². The molecule has 0 fully saturated rings. The molecule has 0 spiro atoms. The first kappa shape index (κ1) is 13.7. The van der Waals surface area contributed by atoms with Gasteiger partial charge in [-0.25, -0.2) is 4.98 Å². The molecule has 2 aromatic rings. The van der Waals surface area contributed by atoms with E-state index in [1.54, 1.807) is 0 Å². The van der Waals surface area contributed by atoms with Crippen molar-refractivity contribution in [3.8, 4) is 5.69 Å². The molecule has 0 amide bonds. The number of aromatic nitrogens is 2. The van der Waals surface area contributed by atoms with Gasteiger partial charge in [-0.3, -0.25) is 4.57 Å². The molecule has 1 aromatic carbocycles. The van der Waals surface area contributed by atoms with Crippen LogP contribution >= 0.6 is 0 Å². The summed E-state index contributed by atoms with van der Waals surface area (Å²) in [7, 11) is 0. The molecule has 0 atom stereocenters. The Labute approximate surface area is 115 Å². The van der Waals surface area contributed by atoms with Crippen molar-refractivity contribution < 1.29 is 0 Å². The van der Waals surface area contributed by atoms with Crippen LogP contribution in [0.15, 0.2) is 30.5 Å². The van der Waals surface area contributed by atoms with Crippen LogP contribution in [0.3, 0.4) is 0 Å². The Morgan fingerprint density at radius 1 is 1.21 bits per heavy atom. The minimum absolute atomic E-state index is 0.566. The highest BCUT2D eigenvalue weighted by Crippen LogP contribution is 2.20. The van der Waals surface area contributed by atoms with E-state index in [1.807, 2.05) is 6.92 Å². The zero-order valence-electron chi connectivity index (χ0n) is 12.3. The maximum absolute atomic E-state index is 4.53. The third kappa shape index (κ3) is 3.16. The van der Waals surface area contributed by atoms with E-state index in [0.29, 0.717) is 5.92 Å². The Bertz CT molecular complexity index is 523. The Morgan fingerprint density at radius 3 is 2.47 bits per heavy atom. The first-order valence-electron chi connectivity index (χ1n) is 7.02. The van der Waals surface area contributed by atoms with Crippen LogP contribution in [0.1, 0.15) is 44.4 Å². The number of benzene rings is 1. The number of rotatable bonds is 5. The molecule has 0 aliphatic carbocycles. The van der Waals surface area contributed by atoms with Crippen molar-refractivity contribution in [2.45, 2.75) is 40.0 Å². The van der Waals surface area contributed by atoms with Crippen LogP contribution in [-0.4, -0.2) is 16.1 Å². The summed E-state index contributed by atoms with van der Waals surface area (Å²) in [6, 6.07) is 8.71. The smallest absolute Gasteiger partial charge is 0.207 e. The Hall–Kier alpha value is -1.77. The zero-order chi connectivity index (χ0) is 13.8. The summed E-state index contributed by atoms with van der Waals surface area (Å²) in [6.07, 6.45) is 3.17. The fraction of sp³-hybridized carbons (Fsp3) is 0.438. The largest absolute Gasteiger partial charge is 0.355 e. The standard InChI is InChI=1S/C16H23N3/c1-5-10-17-16-18-13(4)11-19(16)15-8-6-14(7-9-15)12(2)3/h6-9,11-12H,5,10H2,1-4H3,(H,17,18). The Morgan fingerprint density at radius 2 is 1.89 bits per heavy atom. The number of anilines is 1.